The second-order valence-corrected chi connectivity index (χ2v) is 9.31. The number of fused-ring (bicyclic) bond motifs is 3. The summed E-state index contributed by atoms with van der Waals surface area (Å²) in [5.74, 6) is 4.52. The number of para-hydroxylation sites is 2. The Labute approximate surface area is 226 Å². The van der Waals surface area contributed by atoms with Crippen LogP contribution < -0.4 is 0 Å². The Hall–Kier alpha value is -5.53. The summed E-state index contributed by atoms with van der Waals surface area (Å²) in [5, 5.41) is 2.47. The number of aromatic nitrogens is 4. The van der Waals surface area contributed by atoms with Gasteiger partial charge in [0.25, 0.3) is 0 Å². The van der Waals surface area contributed by atoms with E-state index in [1.165, 1.54) is 21.8 Å². The van der Waals surface area contributed by atoms with Gasteiger partial charge in [-0.3, -0.25) is 0 Å². The van der Waals surface area contributed by atoms with Gasteiger partial charge in [0.1, 0.15) is 0 Å². The molecule has 0 N–H and O–H groups in total. The van der Waals surface area contributed by atoms with E-state index in [9.17, 15) is 0 Å². The van der Waals surface area contributed by atoms with Crippen LogP contribution in [-0.2, 0) is 0 Å². The lowest BCUT2D eigenvalue weighted by Gasteiger charge is -2.11. The first kappa shape index (κ1) is 22.7. The van der Waals surface area contributed by atoms with Crippen molar-refractivity contribution < 1.29 is 0 Å². The van der Waals surface area contributed by atoms with Crippen LogP contribution in [0.4, 0.5) is 0 Å². The smallest absolute Gasteiger partial charge is 0.164 e. The third-order valence-electron chi connectivity index (χ3n) is 6.92. The molecule has 0 aliphatic heterocycles. The second kappa shape index (κ2) is 9.41. The molecule has 0 saturated heterocycles. The minimum Gasteiger partial charge on any atom is -0.309 e. The van der Waals surface area contributed by atoms with Gasteiger partial charge in [-0.2, -0.15) is 0 Å². The van der Waals surface area contributed by atoms with Gasteiger partial charge in [0, 0.05) is 38.7 Å². The van der Waals surface area contributed by atoms with Crippen LogP contribution in [0.2, 0.25) is 0 Å². The van der Waals surface area contributed by atoms with E-state index in [2.05, 4.69) is 83.3 Å². The molecule has 182 valence electrons. The summed E-state index contributed by atoms with van der Waals surface area (Å²) in [6.07, 6.45) is 5.66. The standard InChI is InChI=1S/C35H22N4/c1-2-24-11-10-14-27(23-24)35-37-33(25-12-4-3-5-13-25)36-34(38-35)26-19-21-28(22-20-26)39-31-17-8-6-15-29(31)30-16-7-9-18-32(30)39/h1,3-23H. The Morgan fingerprint density at radius 1 is 0.487 bits per heavy atom. The number of rotatable bonds is 4. The van der Waals surface area contributed by atoms with Crippen molar-refractivity contribution in [3.63, 3.8) is 0 Å². The first-order valence-electron chi connectivity index (χ1n) is 12.8. The molecule has 0 aliphatic rings. The highest BCUT2D eigenvalue weighted by Crippen LogP contribution is 2.32. The molecule has 0 spiro atoms. The van der Waals surface area contributed by atoms with Gasteiger partial charge in [0.05, 0.1) is 11.0 Å². The number of hydrogen-bond donors (Lipinski definition) is 0. The van der Waals surface area contributed by atoms with E-state index in [0.717, 1.165) is 27.9 Å². The fraction of sp³-hybridized carbons (Fsp3) is 0. The maximum absolute atomic E-state index is 5.66. The summed E-state index contributed by atoms with van der Waals surface area (Å²) in [6, 6.07) is 43.1. The summed E-state index contributed by atoms with van der Waals surface area (Å²) in [4.78, 5) is 14.5. The molecule has 0 aliphatic carbocycles. The molecule has 39 heavy (non-hydrogen) atoms. The van der Waals surface area contributed by atoms with Crippen molar-refractivity contribution in [2.24, 2.45) is 0 Å². The summed E-state index contributed by atoms with van der Waals surface area (Å²) in [6.45, 7) is 0. The van der Waals surface area contributed by atoms with Crippen molar-refractivity contribution >= 4 is 21.8 Å². The SMILES string of the molecule is C#Cc1cccc(-c2nc(-c3ccccc3)nc(-c3ccc(-n4c5ccccc5c5ccccc54)cc3)n2)c1. The molecule has 4 heteroatoms. The normalized spacial score (nSPS) is 11.1. The Morgan fingerprint density at radius 3 is 1.62 bits per heavy atom. The molecule has 0 radical (unpaired) electrons. The summed E-state index contributed by atoms with van der Waals surface area (Å²) < 4.78 is 2.30. The van der Waals surface area contributed by atoms with Crippen molar-refractivity contribution in [1.29, 1.82) is 0 Å². The Balaban J connectivity index is 1.37. The van der Waals surface area contributed by atoms with Crippen molar-refractivity contribution in [1.82, 2.24) is 19.5 Å². The number of nitrogens with zero attached hydrogens (tertiary/aromatic N) is 4. The van der Waals surface area contributed by atoms with E-state index >= 15 is 0 Å². The van der Waals surface area contributed by atoms with Gasteiger partial charge < -0.3 is 4.57 Å². The molecule has 4 nitrogen and oxygen atoms in total. The molecule has 2 heterocycles. The van der Waals surface area contributed by atoms with Crippen LogP contribution in [0.5, 0.6) is 0 Å². The van der Waals surface area contributed by atoms with Crippen molar-refractivity contribution in [3.8, 4) is 52.2 Å². The maximum atomic E-state index is 5.66. The molecular weight excluding hydrogens is 476 g/mol. The predicted octanol–water partition coefficient (Wildman–Crippen LogP) is 7.95. The fourth-order valence-corrected chi connectivity index (χ4v) is 5.06. The van der Waals surface area contributed by atoms with E-state index in [0.29, 0.717) is 17.5 Å². The number of benzene rings is 5. The molecular formula is C35H22N4. The molecule has 5 aromatic carbocycles. The zero-order chi connectivity index (χ0) is 26.2. The minimum absolute atomic E-state index is 0.586. The highest BCUT2D eigenvalue weighted by atomic mass is 15.0. The van der Waals surface area contributed by atoms with Crippen molar-refractivity contribution in [3.05, 3.63) is 133 Å². The predicted molar refractivity (Wildman–Crippen MR) is 158 cm³/mol. The Morgan fingerprint density at radius 2 is 1.00 bits per heavy atom. The summed E-state index contributed by atoms with van der Waals surface area (Å²) >= 11 is 0. The molecule has 0 amide bonds. The average Bonchev–Trinajstić information content (AvgIpc) is 3.36. The van der Waals surface area contributed by atoms with Gasteiger partial charge in [-0.05, 0) is 48.5 Å². The van der Waals surface area contributed by atoms with Crippen molar-refractivity contribution in [2.45, 2.75) is 0 Å². The lowest BCUT2D eigenvalue weighted by atomic mass is 10.1. The zero-order valence-corrected chi connectivity index (χ0v) is 21.0. The van der Waals surface area contributed by atoms with E-state index in [-0.39, 0.29) is 0 Å². The van der Waals surface area contributed by atoms with Gasteiger partial charge in [-0.25, -0.2) is 15.0 Å². The van der Waals surface area contributed by atoms with Crippen LogP contribution in [0.1, 0.15) is 5.56 Å². The van der Waals surface area contributed by atoms with Crippen LogP contribution in [0.25, 0.3) is 61.7 Å². The third-order valence-corrected chi connectivity index (χ3v) is 6.92. The number of terminal acetylenes is 1. The first-order valence-corrected chi connectivity index (χ1v) is 12.8. The lowest BCUT2D eigenvalue weighted by molar-refractivity contribution is 1.07. The maximum Gasteiger partial charge on any atom is 0.164 e. The largest absolute Gasteiger partial charge is 0.309 e. The highest BCUT2D eigenvalue weighted by molar-refractivity contribution is 6.09. The Bertz CT molecular complexity index is 1960. The van der Waals surface area contributed by atoms with Gasteiger partial charge in [0.2, 0.25) is 0 Å². The molecule has 2 aromatic heterocycles. The summed E-state index contributed by atoms with van der Waals surface area (Å²) in [5.41, 5.74) is 6.91. The van der Waals surface area contributed by atoms with Gasteiger partial charge in [-0.15, -0.1) is 6.42 Å². The topological polar surface area (TPSA) is 43.6 Å². The van der Waals surface area contributed by atoms with E-state index in [1.807, 2.05) is 54.6 Å². The first-order chi connectivity index (χ1) is 19.3. The van der Waals surface area contributed by atoms with Gasteiger partial charge >= 0.3 is 0 Å². The number of hydrogen-bond acceptors (Lipinski definition) is 3. The van der Waals surface area contributed by atoms with Crippen LogP contribution in [0.3, 0.4) is 0 Å². The van der Waals surface area contributed by atoms with Crippen LogP contribution >= 0.6 is 0 Å². The minimum atomic E-state index is 0.586. The fourth-order valence-electron chi connectivity index (χ4n) is 5.06. The Kier molecular flexibility index (Phi) is 5.46. The second-order valence-electron chi connectivity index (χ2n) is 9.31. The third kappa shape index (κ3) is 4.03. The molecule has 0 fully saturated rings. The highest BCUT2D eigenvalue weighted by Gasteiger charge is 2.14. The molecule has 0 saturated carbocycles. The molecule has 0 atom stereocenters. The quantitative estimate of drug-likeness (QED) is 0.231. The van der Waals surface area contributed by atoms with E-state index in [1.54, 1.807) is 0 Å². The average molecular weight is 499 g/mol. The molecule has 7 rings (SSSR count). The van der Waals surface area contributed by atoms with Crippen LogP contribution in [0, 0.1) is 12.3 Å². The van der Waals surface area contributed by atoms with Crippen molar-refractivity contribution in [2.75, 3.05) is 0 Å². The van der Waals surface area contributed by atoms with Gasteiger partial charge in [0.15, 0.2) is 17.5 Å². The van der Waals surface area contributed by atoms with Crippen LogP contribution in [-0.4, -0.2) is 19.5 Å². The van der Waals surface area contributed by atoms with Gasteiger partial charge in [-0.1, -0.05) is 84.8 Å². The van der Waals surface area contributed by atoms with Crippen LogP contribution in [0.15, 0.2) is 127 Å². The zero-order valence-electron chi connectivity index (χ0n) is 21.0. The molecule has 0 unspecified atom stereocenters. The monoisotopic (exact) mass is 498 g/mol. The molecule has 0 bridgehead atoms. The van der Waals surface area contributed by atoms with E-state index in [4.69, 9.17) is 21.4 Å². The summed E-state index contributed by atoms with van der Waals surface area (Å²) in [7, 11) is 0. The van der Waals surface area contributed by atoms with E-state index < -0.39 is 0 Å². The lowest BCUT2D eigenvalue weighted by Crippen LogP contribution is -2.00. The molecule has 7 aromatic rings.